The average Bonchev–Trinajstić information content (AvgIpc) is 2.14. The van der Waals surface area contributed by atoms with Crippen molar-refractivity contribution in [3.63, 3.8) is 0 Å². The van der Waals surface area contributed by atoms with Crippen molar-refractivity contribution < 1.29 is 13.2 Å². The minimum Gasteiger partial charge on any atom is -0.320 e. The highest BCUT2D eigenvalue weighted by molar-refractivity contribution is 5.29. The third kappa shape index (κ3) is 2.75. The normalized spacial score (nSPS) is 10.6. The highest BCUT2D eigenvalue weighted by atomic mass is 19.4. The van der Waals surface area contributed by atoms with Gasteiger partial charge in [0.1, 0.15) is 11.4 Å². The van der Waals surface area contributed by atoms with Crippen LogP contribution in [0.5, 0.6) is 0 Å². The molecule has 1 aromatic rings. The minimum atomic E-state index is -4.43. The van der Waals surface area contributed by atoms with Gasteiger partial charge in [0.2, 0.25) is 0 Å². The summed E-state index contributed by atoms with van der Waals surface area (Å²) < 4.78 is 36.5. The third-order valence-electron chi connectivity index (χ3n) is 1.36. The molecule has 0 radical (unpaired) electrons. The lowest BCUT2D eigenvalue weighted by molar-refractivity contribution is -0.141. The van der Waals surface area contributed by atoms with Crippen molar-refractivity contribution in [3.05, 3.63) is 29.6 Å². The Labute approximate surface area is 78.9 Å². The molecule has 0 bridgehead atoms. The lowest BCUT2D eigenvalue weighted by Crippen LogP contribution is -2.08. The van der Waals surface area contributed by atoms with Gasteiger partial charge in [-0.1, -0.05) is 12.0 Å². The minimum absolute atomic E-state index is 0.0743. The lowest BCUT2D eigenvalue weighted by Gasteiger charge is -2.04. The van der Waals surface area contributed by atoms with Gasteiger partial charge < -0.3 is 5.73 Å². The second-order valence-electron chi connectivity index (χ2n) is 2.41. The van der Waals surface area contributed by atoms with Crippen LogP contribution in [0.2, 0.25) is 0 Å². The molecule has 5 heteroatoms. The fourth-order valence-electron chi connectivity index (χ4n) is 0.804. The van der Waals surface area contributed by atoms with Crippen LogP contribution in [-0.4, -0.2) is 11.5 Å². The van der Waals surface area contributed by atoms with Gasteiger partial charge in [0.05, 0.1) is 6.54 Å². The van der Waals surface area contributed by atoms with E-state index in [4.69, 9.17) is 5.73 Å². The summed E-state index contributed by atoms with van der Waals surface area (Å²) in [6.07, 6.45) is -4.43. The molecular weight excluding hydrogens is 193 g/mol. The van der Waals surface area contributed by atoms with E-state index in [1.54, 1.807) is 0 Å². The molecule has 0 aliphatic rings. The van der Waals surface area contributed by atoms with E-state index >= 15 is 0 Å². The van der Waals surface area contributed by atoms with Crippen LogP contribution >= 0.6 is 0 Å². The SMILES string of the molecule is NCC#Cc1cccc(C(F)(F)F)n1. The molecule has 0 unspecified atom stereocenters. The number of hydrogen-bond donors (Lipinski definition) is 1. The first-order chi connectivity index (χ1) is 6.54. The van der Waals surface area contributed by atoms with Crippen LogP contribution in [0.1, 0.15) is 11.4 Å². The number of pyridine rings is 1. The number of alkyl halides is 3. The average molecular weight is 200 g/mol. The number of rotatable bonds is 0. The molecule has 0 spiro atoms. The van der Waals surface area contributed by atoms with Crippen LogP contribution in [0.15, 0.2) is 18.2 Å². The Kier molecular flexibility index (Phi) is 3.10. The van der Waals surface area contributed by atoms with Crippen molar-refractivity contribution in [2.24, 2.45) is 5.73 Å². The van der Waals surface area contributed by atoms with E-state index < -0.39 is 11.9 Å². The molecule has 0 fully saturated rings. The summed E-state index contributed by atoms with van der Waals surface area (Å²) in [5, 5.41) is 0. The predicted molar refractivity (Wildman–Crippen MR) is 45.2 cm³/mol. The highest BCUT2D eigenvalue weighted by Gasteiger charge is 2.32. The first-order valence-electron chi connectivity index (χ1n) is 3.77. The maximum Gasteiger partial charge on any atom is 0.433 e. The van der Waals surface area contributed by atoms with Gasteiger partial charge in [0.25, 0.3) is 0 Å². The lowest BCUT2D eigenvalue weighted by atomic mass is 10.3. The van der Waals surface area contributed by atoms with Crippen molar-refractivity contribution in [2.75, 3.05) is 6.54 Å². The molecule has 0 saturated carbocycles. The maximum atomic E-state index is 12.2. The molecule has 0 saturated heterocycles. The van der Waals surface area contributed by atoms with Crippen molar-refractivity contribution >= 4 is 0 Å². The van der Waals surface area contributed by atoms with E-state index in [1.165, 1.54) is 12.1 Å². The first-order valence-corrected chi connectivity index (χ1v) is 3.77. The molecule has 0 atom stereocenters. The Hall–Kier alpha value is -1.54. The zero-order valence-corrected chi connectivity index (χ0v) is 7.10. The second kappa shape index (κ2) is 4.11. The number of hydrogen-bond acceptors (Lipinski definition) is 2. The van der Waals surface area contributed by atoms with E-state index in [-0.39, 0.29) is 12.2 Å². The van der Waals surface area contributed by atoms with Crippen LogP contribution in [0.3, 0.4) is 0 Å². The quantitative estimate of drug-likeness (QED) is 0.643. The van der Waals surface area contributed by atoms with Gasteiger partial charge in [-0.05, 0) is 18.1 Å². The largest absolute Gasteiger partial charge is 0.433 e. The van der Waals surface area contributed by atoms with Crippen LogP contribution in [0.25, 0.3) is 0 Å². The maximum absolute atomic E-state index is 12.2. The standard InChI is InChI=1S/C9H7F3N2/c10-9(11,12)8-5-1-3-7(14-8)4-2-6-13/h1,3,5H,6,13H2. The Morgan fingerprint density at radius 3 is 2.64 bits per heavy atom. The summed E-state index contributed by atoms with van der Waals surface area (Å²) in [5.74, 6) is 4.86. The second-order valence-corrected chi connectivity index (χ2v) is 2.41. The van der Waals surface area contributed by atoms with Crippen molar-refractivity contribution in [1.29, 1.82) is 0 Å². The summed E-state index contributed by atoms with van der Waals surface area (Å²) in [5.41, 5.74) is 4.21. The molecule has 0 aromatic carbocycles. The predicted octanol–water partition coefficient (Wildman–Crippen LogP) is 1.41. The van der Waals surface area contributed by atoms with E-state index in [9.17, 15) is 13.2 Å². The summed E-state index contributed by atoms with van der Waals surface area (Å²) in [7, 11) is 0. The fourth-order valence-corrected chi connectivity index (χ4v) is 0.804. The Balaban J connectivity index is 3.02. The van der Waals surface area contributed by atoms with Crippen LogP contribution in [-0.2, 0) is 6.18 Å². The zero-order valence-electron chi connectivity index (χ0n) is 7.10. The molecule has 74 valence electrons. The van der Waals surface area contributed by atoms with E-state index in [1.807, 2.05) is 0 Å². The molecule has 1 heterocycles. The van der Waals surface area contributed by atoms with Gasteiger partial charge in [-0.3, -0.25) is 0 Å². The number of aromatic nitrogens is 1. The van der Waals surface area contributed by atoms with Crippen molar-refractivity contribution in [2.45, 2.75) is 6.18 Å². The number of halogens is 3. The number of nitrogens with zero attached hydrogens (tertiary/aromatic N) is 1. The van der Waals surface area contributed by atoms with Crippen molar-refractivity contribution in [3.8, 4) is 11.8 Å². The van der Waals surface area contributed by atoms with Gasteiger partial charge in [0, 0.05) is 0 Å². The van der Waals surface area contributed by atoms with Crippen LogP contribution in [0.4, 0.5) is 13.2 Å². The number of nitrogens with two attached hydrogens (primary N) is 1. The molecule has 2 N–H and O–H groups in total. The van der Waals surface area contributed by atoms with E-state index in [0.717, 1.165) is 6.07 Å². The van der Waals surface area contributed by atoms with E-state index in [2.05, 4.69) is 16.8 Å². The van der Waals surface area contributed by atoms with Gasteiger partial charge in [-0.25, -0.2) is 4.98 Å². The highest BCUT2D eigenvalue weighted by Crippen LogP contribution is 2.27. The zero-order chi connectivity index (χ0) is 10.6. The third-order valence-corrected chi connectivity index (χ3v) is 1.36. The van der Waals surface area contributed by atoms with E-state index in [0.29, 0.717) is 0 Å². The summed E-state index contributed by atoms with van der Waals surface area (Å²) in [4.78, 5) is 3.33. The Morgan fingerprint density at radius 2 is 2.07 bits per heavy atom. The monoisotopic (exact) mass is 200 g/mol. The first kappa shape index (κ1) is 10.5. The van der Waals surface area contributed by atoms with Crippen LogP contribution < -0.4 is 5.73 Å². The molecule has 0 aliphatic heterocycles. The fraction of sp³-hybridized carbons (Fsp3) is 0.222. The molecular formula is C9H7F3N2. The molecule has 0 aliphatic carbocycles. The summed E-state index contributed by atoms with van der Waals surface area (Å²) in [6.45, 7) is 0.0952. The molecule has 0 amide bonds. The van der Waals surface area contributed by atoms with Gasteiger partial charge in [-0.2, -0.15) is 13.2 Å². The molecule has 1 aromatic heterocycles. The van der Waals surface area contributed by atoms with Gasteiger partial charge in [-0.15, -0.1) is 0 Å². The van der Waals surface area contributed by atoms with Gasteiger partial charge >= 0.3 is 6.18 Å². The Bertz CT molecular complexity index is 374. The van der Waals surface area contributed by atoms with Crippen molar-refractivity contribution in [1.82, 2.24) is 4.98 Å². The Morgan fingerprint density at radius 1 is 1.36 bits per heavy atom. The van der Waals surface area contributed by atoms with Gasteiger partial charge in [0.15, 0.2) is 0 Å². The molecule has 2 nitrogen and oxygen atoms in total. The van der Waals surface area contributed by atoms with Crippen LogP contribution in [0, 0.1) is 11.8 Å². The molecule has 14 heavy (non-hydrogen) atoms. The summed E-state index contributed by atoms with van der Waals surface area (Å²) in [6, 6.07) is 3.56. The topological polar surface area (TPSA) is 38.9 Å². The smallest absolute Gasteiger partial charge is 0.320 e. The molecule has 1 rings (SSSR count). The summed E-state index contributed by atoms with van der Waals surface area (Å²) >= 11 is 0.